The maximum absolute atomic E-state index is 13.1. The molecule has 5 heteroatoms. The quantitative estimate of drug-likeness (QED) is 0.822. The molecule has 0 saturated heterocycles. The second kappa shape index (κ2) is 6.73. The number of nitrogens with two attached hydrogens (primary N) is 1. The molecule has 1 aromatic rings. The van der Waals surface area contributed by atoms with Crippen molar-refractivity contribution in [3.05, 3.63) is 42.0 Å². The van der Waals surface area contributed by atoms with Gasteiger partial charge in [-0.25, -0.2) is 8.42 Å². The molecule has 0 aliphatic carbocycles. The number of sulfonamides is 1. The van der Waals surface area contributed by atoms with Gasteiger partial charge in [0.2, 0.25) is 10.0 Å². The van der Waals surface area contributed by atoms with Gasteiger partial charge in [0.15, 0.2) is 0 Å². The lowest BCUT2D eigenvalue weighted by Gasteiger charge is -2.34. The summed E-state index contributed by atoms with van der Waals surface area (Å²) in [6, 6.07) is 5.42. The number of aryl methyl sites for hydroxylation is 1. The summed E-state index contributed by atoms with van der Waals surface area (Å²) in [6.07, 6.45) is 2.27. The van der Waals surface area contributed by atoms with Gasteiger partial charge in [0.25, 0.3) is 0 Å². The summed E-state index contributed by atoms with van der Waals surface area (Å²) in [4.78, 5) is 0.352. The van der Waals surface area contributed by atoms with Crippen LogP contribution in [-0.4, -0.2) is 24.8 Å². The van der Waals surface area contributed by atoms with Gasteiger partial charge < -0.3 is 5.73 Å². The Kier molecular flexibility index (Phi) is 5.73. The van der Waals surface area contributed by atoms with Gasteiger partial charge in [0.05, 0.1) is 4.90 Å². The second-order valence-corrected chi connectivity index (χ2v) is 7.83. The Morgan fingerprint density at radius 3 is 2.38 bits per heavy atom. The highest BCUT2D eigenvalue weighted by molar-refractivity contribution is 7.89. The summed E-state index contributed by atoms with van der Waals surface area (Å²) in [5.74, 6) is 0. The Morgan fingerprint density at radius 1 is 1.33 bits per heavy atom. The van der Waals surface area contributed by atoms with Crippen LogP contribution < -0.4 is 5.73 Å². The lowest BCUT2D eigenvalue weighted by Crippen LogP contribution is -2.45. The fraction of sp³-hybridized carbons (Fsp3) is 0.500. The van der Waals surface area contributed by atoms with Crippen molar-refractivity contribution in [2.75, 3.05) is 6.54 Å². The standard InChI is InChI=1S/C16H26N2O2S/c1-6-10-18(16(3,4)5)21(19,20)15-11-13(12-17)8-9-14(15)7-2/h6,8-9,11H,1,7,10,12,17H2,2-5H3. The Hall–Kier alpha value is -1.17. The van der Waals surface area contributed by atoms with Gasteiger partial charge in [0.1, 0.15) is 0 Å². The van der Waals surface area contributed by atoms with E-state index in [1.54, 1.807) is 12.1 Å². The molecule has 21 heavy (non-hydrogen) atoms. The van der Waals surface area contributed by atoms with Gasteiger partial charge in [-0.2, -0.15) is 4.31 Å². The van der Waals surface area contributed by atoms with Crippen LogP contribution in [0.25, 0.3) is 0 Å². The van der Waals surface area contributed by atoms with Crippen molar-refractivity contribution in [2.45, 2.75) is 51.1 Å². The SMILES string of the molecule is C=CCN(C(C)(C)C)S(=O)(=O)c1cc(CN)ccc1CC. The van der Waals surface area contributed by atoms with Crippen molar-refractivity contribution >= 4 is 10.0 Å². The summed E-state index contributed by atoms with van der Waals surface area (Å²) in [5, 5.41) is 0. The van der Waals surface area contributed by atoms with E-state index in [9.17, 15) is 8.42 Å². The van der Waals surface area contributed by atoms with Crippen LogP contribution in [0.5, 0.6) is 0 Å². The molecule has 0 fully saturated rings. The van der Waals surface area contributed by atoms with Gasteiger partial charge in [-0.15, -0.1) is 6.58 Å². The van der Waals surface area contributed by atoms with Crippen molar-refractivity contribution in [1.29, 1.82) is 0 Å². The fourth-order valence-electron chi connectivity index (χ4n) is 2.23. The Bertz CT molecular complexity index is 601. The number of benzene rings is 1. The maximum Gasteiger partial charge on any atom is 0.244 e. The summed E-state index contributed by atoms with van der Waals surface area (Å²) < 4.78 is 27.6. The molecule has 0 saturated carbocycles. The van der Waals surface area contributed by atoms with E-state index in [1.165, 1.54) is 4.31 Å². The molecule has 0 atom stereocenters. The Balaban J connectivity index is 3.50. The van der Waals surface area contributed by atoms with E-state index in [2.05, 4.69) is 6.58 Å². The molecule has 1 rings (SSSR count). The lowest BCUT2D eigenvalue weighted by atomic mass is 10.1. The van der Waals surface area contributed by atoms with Gasteiger partial charge in [-0.3, -0.25) is 0 Å². The van der Waals surface area contributed by atoms with E-state index in [-0.39, 0.29) is 6.54 Å². The predicted octanol–water partition coefficient (Wildman–Crippen LogP) is 2.68. The number of hydrogen-bond acceptors (Lipinski definition) is 3. The molecule has 0 amide bonds. The molecule has 0 radical (unpaired) electrons. The van der Waals surface area contributed by atoms with Gasteiger partial charge in [0, 0.05) is 18.6 Å². The average molecular weight is 310 g/mol. The first-order valence-corrected chi connectivity index (χ1v) is 8.58. The van der Waals surface area contributed by atoms with Crippen molar-refractivity contribution < 1.29 is 8.42 Å². The van der Waals surface area contributed by atoms with Crippen molar-refractivity contribution in [2.24, 2.45) is 5.73 Å². The second-order valence-electron chi connectivity index (χ2n) is 6.00. The maximum atomic E-state index is 13.1. The molecule has 0 spiro atoms. The van der Waals surface area contributed by atoms with Crippen LogP contribution in [0.1, 0.15) is 38.8 Å². The molecule has 0 aromatic heterocycles. The molecule has 1 aromatic carbocycles. The third kappa shape index (κ3) is 3.93. The molecule has 2 N–H and O–H groups in total. The molecular weight excluding hydrogens is 284 g/mol. The van der Waals surface area contributed by atoms with Gasteiger partial charge >= 0.3 is 0 Å². The van der Waals surface area contributed by atoms with Crippen LogP contribution in [0.15, 0.2) is 35.7 Å². The first kappa shape index (κ1) is 17.9. The minimum Gasteiger partial charge on any atom is -0.326 e. The minimum atomic E-state index is -3.59. The summed E-state index contributed by atoms with van der Waals surface area (Å²) in [7, 11) is -3.59. The van der Waals surface area contributed by atoms with E-state index >= 15 is 0 Å². The predicted molar refractivity (Wildman–Crippen MR) is 87.6 cm³/mol. The molecule has 118 valence electrons. The first-order valence-electron chi connectivity index (χ1n) is 7.14. The number of rotatable bonds is 6. The van der Waals surface area contributed by atoms with Crippen molar-refractivity contribution in [1.82, 2.24) is 4.31 Å². The Morgan fingerprint density at radius 2 is 1.95 bits per heavy atom. The third-order valence-corrected chi connectivity index (χ3v) is 5.57. The fourth-order valence-corrected chi connectivity index (χ4v) is 4.33. The molecule has 0 aliphatic rings. The zero-order chi connectivity index (χ0) is 16.3. The molecule has 0 unspecified atom stereocenters. The zero-order valence-corrected chi connectivity index (χ0v) is 14.2. The van der Waals surface area contributed by atoms with E-state index in [1.807, 2.05) is 39.8 Å². The van der Waals surface area contributed by atoms with Crippen LogP contribution in [0.3, 0.4) is 0 Å². The molecule has 0 bridgehead atoms. The lowest BCUT2D eigenvalue weighted by molar-refractivity contribution is 0.269. The smallest absolute Gasteiger partial charge is 0.244 e. The molecule has 0 heterocycles. The highest BCUT2D eigenvalue weighted by atomic mass is 32.2. The van der Waals surface area contributed by atoms with Gasteiger partial charge in [-0.1, -0.05) is 25.1 Å². The number of nitrogens with zero attached hydrogens (tertiary/aromatic N) is 1. The van der Waals surface area contributed by atoms with Crippen molar-refractivity contribution in [3.8, 4) is 0 Å². The average Bonchev–Trinajstić information content (AvgIpc) is 2.42. The Labute approximate surface area is 128 Å². The normalized spacial score (nSPS) is 12.7. The van der Waals surface area contributed by atoms with E-state index in [0.29, 0.717) is 17.9 Å². The number of hydrogen-bond donors (Lipinski definition) is 1. The van der Waals surface area contributed by atoms with Crippen LogP contribution in [0, 0.1) is 0 Å². The highest BCUT2D eigenvalue weighted by Gasteiger charge is 2.34. The van der Waals surface area contributed by atoms with E-state index in [0.717, 1.165) is 11.1 Å². The third-order valence-electron chi connectivity index (χ3n) is 3.36. The summed E-state index contributed by atoms with van der Waals surface area (Å²) in [5.41, 5.74) is 6.76. The van der Waals surface area contributed by atoms with E-state index < -0.39 is 15.6 Å². The summed E-state index contributed by atoms with van der Waals surface area (Å²) in [6.45, 7) is 11.9. The monoisotopic (exact) mass is 310 g/mol. The van der Waals surface area contributed by atoms with Crippen LogP contribution in [-0.2, 0) is 23.0 Å². The molecule has 0 aliphatic heterocycles. The van der Waals surface area contributed by atoms with Crippen LogP contribution >= 0.6 is 0 Å². The first-order chi connectivity index (χ1) is 9.68. The molecular formula is C16H26N2O2S. The van der Waals surface area contributed by atoms with Crippen LogP contribution in [0.4, 0.5) is 0 Å². The zero-order valence-electron chi connectivity index (χ0n) is 13.4. The highest BCUT2D eigenvalue weighted by Crippen LogP contribution is 2.27. The van der Waals surface area contributed by atoms with E-state index in [4.69, 9.17) is 5.73 Å². The van der Waals surface area contributed by atoms with Crippen LogP contribution in [0.2, 0.25) is 0 Å². The van der Waals surface area contributed by atoms with Gasteiger partial charge in [-0.05, 0) is 44.4 Å². The molecule has 4 nitrogen and oxygen atoms in total. The van der Waals surface area contributed by atoms with Crippen molar-refractivity contribution in [3.63, 3.8) is 0 Å². The minimum absolute atomic E-state index is 0.280. The topological polar surface area (TPSA) is 63.4 Å². The summed E-state index contributed by atoms with van der Waals surface area (Å²) >= 11 is 0. The largest absolute Gasteiger partial charge is 0.326 e.